The van der Waals surface area contributed by atoms with Gasteiger partial charge in [0.1, 0.15) is 0 Å². The van der Waals surface area contributed by atoms with Crippen LogP contribution in [0.4, 0.5) is 5.69 Å². The summed E-state index contributed by atoms with van der Waals surface area (Å²) in [4.78, 5) is 23.2. The molecule has 3 aromatic carbocycles. The first-order chi connectivity index (χ1) is 14.6. The highest BCUT2D eigenvalue weighted by molar-refractivity contribution is 5.85. The molecule has 1 aliphatic rings. The van der Waals surface area contributed by atoms with Crippen molar-refractivity contribution in [2.24, 2.45) is 5.10 Å². The summed E-state index contributed by atoms with van der Waals surface area (Å²) in [5.41, 5.74) is 3.64. The Hall–Kier alpha value is -4.20. The van der Waals surface area contributed by atoms with Gasteiger partial charge >= 0.3 is 0 Å². The normalized spacial score (nSPS) is 17.5. The largest absolute Gasteiger partial charge is 0.477 e. The number of fused-ring (bicyclic) bond motifs is 1. The third-order valence-electron chi connectivity index (χ3n) is 4.49. The summed E-state index contributed by atoms with van der Waals surface area (Å²) in [5.74, 6) is 0.517. The van der Waals surface area contributed by atoms with Crippen molar-refractivity contribution >= 4 is 17.8 Å². The van der Waals surface area contributed by atoms with Crippen LogP contribution in [-0.2, 0) is 4.79 Å². The van der Waals surface area contributed by atoms with Gasteiger partial charge in [-0.05, 0) is 17.7 Å². The molecule has 0 saturated heterocycles. The van der Waals surface area contributed by atoms with Crippen molar-refractivity contribution in [3.63, 3.8) is 0 Å². The Kier molecular flexibility index (Phi) is 5.38. The fourth-order valence-corrected chi connectivity index (χ4v) is 3.07. The zero-order valence-corrected chi connectivity index (χ0v) is 15.7. The van der Waals surface area contributed by atoms with E-state index < -0.39 is 23.0 Å². The maximum Gasteiger partial charge on any atom is 0.285 e. The minimum Gasteiger partial charge on any atom is -0.477 e. The van der Waals surface area contributed by atoms with Crippen LogP contribution >= 0.6 is 0 Å². The van der Waals surface area contributed by atoms with Crippen molar-refractivity contribution in [3.8, 4) is 11.5 Å². The second kappa shape index (κ2) is 8.44. The molecule has 0 saturated carbocycles. The van der Waals surface area contributed by atoms with Crippen LogP contribution in [0, 0.1) is 10.1 Å². The average Bonchev–Trinajstić information content (AvgIpc) is 2.79. The molecule has 0 unspecified atom stereocenters. The number of carbonyl (C=O) groups excluding carboxylic acids is 1. The molecule has 3 aromatic rings. The number of hydrogen-bond acceptors (Lipinski definition) is 6. The lowest BCUT2D eigenvalue weighted by Gasteiger charge is -2.32. The number of ether oxygens (including phenoxy) is 2. The first kappa shape index (κ1) is 19.1. The van der Waals surface area contributed by atoms with Crippen molar-refractivity contribution in [3.05, 3.63) is 100 Å². The highest BCUT2D eigenvalue weighted by Gasteiger charge is 2.38. The lowest BCUT2D eigenvalue weighted by molar-refractivity contribution is -0.384. The Morgan fingerprint density at radius 2 is 1.67 bits per heavy atom. The van der Waals surface area contributed by atoms with E-state index in [0.717, 1.165) is 5.56 Å². The van der Waals surface area contributed by atoms with Gasteiger partial charge in [0.15, 0.2) is 17.6 Å². The van der Waals surface area contributed by atoms with Gasteiger partial charge in [-0.1, -0.05) is 54.6 Å². The number of rotatable bonds is 5. The highest BCUT2D eigenvalue weighted by atomic mass is 16.6. The summed E-state index contributed by atoms with van der Waals surface area (Å²) in [7, 11) is 0. The number of amides is 1. The number of non-ortho nitro benzene ring substituents is 1. The van der Waals surface area contributed by atoms with Gasteiger partial charge in [0.25, 0.3) is 11.6 Å². The first-order valence-corrected chi connectivity index (χ1v) is 9.16. The predicted molar refractivity (Wildman–Crippen MR) is 110 cm³/mol. The highest BCUT2D eigenvalue weighted by Crippen LogP contribution is 2.39. The number of nitro benzene ring substituents is 1. The van der Waals surface area contributed by atoms with E-state index in [1.54, 1.807) is 30.3 Å². The molecule has 0 bridgehead atoms. The van der Waals surface area contributed by atoms with Crippen LogP contribution in [0.1, 0.15) is 17.2 Å². The zero-order chi connectivity index (χ0) is 20.9. The Morgan fingerprint density at radius 1 is 0.967 bits per heavy atom. The molecular formula is C22H17N3O5. The van der Waals surface area contributed by atoms with E-state index in [-0.39, 0.29) is 5.69 Å². The topological polar surface area (TPSA) is 103 Å². The molecule has 0 aliphatic carbocycles. The molecule has 8 heteroatoms. The Labute approximate surface area is 171 Å². The molecule has 1 amide bonds. The van der Waals surface area contributed by atoms with Crippen LogP contribution < -0.4 is 14.9 Å². The maximum absolute atomic E-state index is 12.8. The first-order valence-electron chi connectivity index (χ1n) is 9.16. The fourth-order valence-electron chi connectivity index (χ4n) is 3.07. The third-order valence-corrected chi connectivity index (χ3v) is 4.49. The summed E-state index contributed by atoms with van der Waals surface area (Å²) < 4.78 is 12.0. The van der Waals surface area contributed by atoms with E-state index in [9.17, 15) is 14.9 Å². The van der Waals surface area contributed by atoms with Crippen LogP contribution in [0.25, 0.3) is 0 Å². The zero-order valence-electron chi connectivity index (χ0n) is 15.7. The van der Waals surface area contributed by atoms with Gasteiger partial charge < -0.3 is 9.47 Å². The maximum atomic E-state index is 12.8. The molecule has 0 aromatic heterocycles. The van der Waals surface area contributed by atoms with E-state index in [2.05, 4.69) is 10.5 Å². The average molecular weight is 403 g/mol. The van der Waals surface area contributed by atoms with Gasteiger partial charge in [-0.2, -0.15) is 5.10 Å². The standard InChI is InChI=1S/C22H17N3O5/c26-22(24-23-14-15-7-6-10-17(13-15)25(27)28)21-20(16-8-2-1-3-9-16)29-18-11-4-5-12-19(18)30-21/h1-14,20-21H,(H,24,26)/b23-14-/t20-,21-/m1/s1. The number of carbonyl (C=O) groups is 1. The molecule has 1 N–H and O–H groups in total. The van der Waals surface area contributed by atoms with E-state index in [4.69, 9.17) is 9.47 Å². The number of hydrazone groups is 1. The van der Waals surface area contributed by atoms with Crippen molar-refractivity contribution in [1.29, 1.82) is 0 Å². The van der Waals surface area contributed by atoms with Crippen LogP contribution in [0.15, 0.2) is 84.0 Å². The van der Waals surface area contributed by atoms with Crippen molar-refractivity contribution in [2.45, 2.75) is 12.2 Å². The van der Waals surface area contributed by atoms with Crippen LogP contribution in [-0.4, -0.2) is 23.1 Å². The number of benzene rings is 3. The fraction of sp³-hybridized carbons (Fsp3) is 0.0909. The summed E-state index contributed by atoms with van der Waals surface area (Å²) >= 11 is 0. The molecule has 30 heavy (non-hydrogen) atoms. The van der Waals surface area contributed by atoms with E-state index in [0.29, 0.717) is 17.1 Å². The monoisotopic (exact) mass is 403 g/mol. The SMILES string of the molecule is O=C(N/N=C\c1cccc([N+](=O)[O-])c1)[C@@H]1Oc2ccccc2O[C@@H]1c1ccccc1. The molecule has 1 heterocycles. The molecule has 0 spiro atoms. The van der Waals surface area contributed by atoms with Gasteiger partial charge in [0, 0.05) is 17.7 Å². The summed E-state index contributed by atoms with van der Waals surface area (Å²) in [6.45, 7) is 0. The number of hydrogen-bond donors (Lipinski definition) is 1. The minimum atomic E-state index is -0.968. The number of para-hydroxylation sites is 2. The third kappa shape index (κ3) is 4.12. The molecule has 0 fully saturated rings. The molecule has 1 aliphatic heterocycles. The van der Waals surface area contributed by atoms with Gasteiger partial charge in [-0.25, -0.2) is 5.43 Å². The van der Waals surface area contributed by atoms with Crippen LogP contribution in [0.2, 0.25) is 0 Å². The van der Waals surface area contributed by atoms with Gasteiger partial charge in [-0.3, -0.25) is 14.9 Å². The van der Waals surface area contributed by atoms with Crippen molar-refractivity contribution in [1.82, 2.24) is 5.43 Å². The smallest absolute Gasteiger partial charge is 0.285 e. The van der Waals surface area contributed by atoms with E-state index in [1.165, 1.54) is 18.3 Å². The van der Waals surface area contributed by atoms with Gasteiger partial charge in [0.05, 0.1) is 11.1 Å². The molecule has 8 nitrogen and oxygen atoms in total. The van der Waals surface area contributed by atoms with Gasteiger partial charge in [-0.15, -0.1) is 0 Å². The predicted octanol–water partition coefficient (Wildman–Crippen LogP) is 3.63. The molecule has 0 radical (unpaired) electrons. The second-order valence-electron chi connectivity index (χ2n) is 6.52. The van der Waals surface area contributed by atoms with Crippen molar-refractivity contribution < 1.29 is 19.2 Å². The minimum absolute atomic E-state index is 0.0601. The Balaban J connectivity index is 1.53. The number of nitrogens with zero attached hydrogens (tertiary/aromatic N) is 2. The molecule has 4 rings (SSSR count). The van der Waals surface area contributed by atoms with Crippen molar-refractivity contribution in [2.75, 3.05) is 0 Å². The second-order valence-corrected chi connectivity index (χ2v) is 6.52. The Morgan fingerprint density at radius 3 is 2.40 bits per heavy atom. The molecule has 2 atom stereocenters. The lowest BCUT2D eigenvalue weighted by Crippen LogP contribution is -2.44. The van der Waals surface area contributed by atoms with Crippen LogP contribution in [0.3, 0.4) is 0 Å². The summed E-state index contributed by atoms with van der Waals surface area (Å²) in [6.07, 6.45) is -0.293. The summed E-state index contributed by atoms with van der Waals surface area (Å²) in [5, 5.41) is 14.8. The van der Waals surface area contributed by atoms with E-state index >= 15 is 0 Å². The quantitative estimate of drug-likeness (QED) is 0.398. The molecule has 150 valence electrons. The Bertz CT molecular complexity index is 1100. The molecular weight excluding hydrogens is 386 g/mol. The number of nitrogens with one attached hydrogen (secondary N) is 1. The number of nitro groups is 1. The van der Waals surface area contributed by atoms with E-state index in [1.807, 2.05) is 36.4 Å². The van der Waals surface area contributed by atoms with Crippen LogP contribution in [0.5, 0.6) is 11.5 Å². The lowest BCUT2D eigenvalue weighted by atomic mass is 10.0. The van der Waals surface area contributed by atoms with Gasteiger partial charge in [0.2, 0.25) is 6.10 Å². The summed E-state index contributed by atoms with van der Waals surface area (Å²) in [6, 6.07) is 22.3.